The molecule has 0 aliphatic rings. The molecule has 2 amide bonds. The Kier molecular flexibility index (Phi) is 5.45. The molecule has 8 heteroatoms. The third kappa shape index (κ3) is 4.23. The number of hydrogen-bond acceptors (Lipinski definition) is 5. The summed E-state index contributed by atoms with van der Waals surface area (Å²) in [4.78, 5) is 32.7. The molecule has 0 saturated carbocycles. The van der Waals surface area contributed by atoms with Crippen LogP contribution in [-0.4, -0.2) is 29.8 Å². The predicted octanol–water partition coefficient (Wildman–Crippen LogP) is 0.632. The van der Waals surface area contributed by atoms with Gasteiger partial charge in [0.2, 0.25) is 5.91 Å². The maximum atomic E-state index is 11.4. The zero-order valence-electron chi connectivity index (χ0n) is 11.0. The van der Waals surface area contributed by atoms with E-state index in [0.29, 0.717) is 6.54 Å². The van der Waals surface area contributed by atoms with Crippen LogP contribution in [-0.2, 0) is 4.79 Å². The number of benzene rings is 1. The highest BCUT2D eigenvalue weighted by Gasteiger charge is 2.15. The number of non-ortho nitro benzene ring substituents is 1. The lowest BCUT2D eigenvalue weighted by Gasteiger charge is -2.10. The molecule has 1 aromatic rings. The van der Waals surface area contributed by atoms with Crippen LogP contribution in [0.3, 0.4) is 0 Å². The molecule has 108 valence electrons. The summed E-state index contributed by atoms with van der Waals surface area (Å²) in [5, 5.41) is 16.0. The second kappa shape index (κ2) is 7.07. The number of nitrogens with two attached hydrogens (primary N) is 1. The van der Waals surface area contributed by atoms with Crippen molar-refractivity contribution in [3.63, 3.8) is 0 Å². The zero-order valence-corrected chi connectivity index (χ0v) is 11.0. The fourth-order valence-corrected chi connectivity index (χ4v) is 1.51. The standard InChI is InChI=1S/C12H16N4O4/c1-2-5-14-11(17)7-15-10-4-3-8(16(19)20)6-9(10)12(13)18/h3-4,6,15H,2,5,7H2,1H3,(H2,13,18)(H,14,17). The van der Waals surface area contributed by atoms with Gasteiger partial charge < -0.3 is 16.4 Å². The van der Waals surface area contributed by atoms with Gasteiger partial charge in [-0.1, -0.05) is 6.92 Å². The van der Waals surface area contributed by atoms with Gasteiger partial charge in [0.15, 0.2) is 0 Å². The number of amides is 2. The number of rotatable bonds is 7. The number of nitro benzene ring substituents is 1. The van der Waals surface area contributed by atoms with Crippen molar-refractivity contribution in [1.29, 1.82) is 0 Å². The highest BCUT2D eigenvalue weighted by Crippen LogP contribution is 2.21. The van der Waals surface area contributed by atoms with Crippen molar-refractivity contribution >= 4 is 23.2 Å². The lowest BCUT2D eigenvalue weighted by atomic mass is 10.1. The molecule has 0 atom stereocenters. The van der Waals surface area contributed by atoms with Gasteiger partial charge in [-0.3, -0.25) is 19.7 Å². The van der Waals surface area contributed by atoms with Gasteiger partial charge >= 0.3 is 0 Å². The van der Waals surface area contributed by atoms with Gasteiger partial charge in [0.05, 0.1) is 17.0 Å². The van der Waals surface area contributed by atoms with Crippen LogP contribution in [0.2, 0.25) is 0 Å². The Morgan fingerprint density at radius 3 is 2.65 bits per heavy atom. The van der Waals surface area contributed by atoms with E-state index in [1.165, 1.54) is 12.1 Å². The fraction of sp³-hybridized carbons (Fsp3) is 0.333. The number of hydrogen-bond donors (Lipinski definition) is 3. The molecular formula is C12H16N4O4. The van der Waals surface area contributed by atoms with Crippen molar-refractivity contribution in [3.8, 4) is 0 Å². The van der Waals surface area contributed by atoms with Gasteiger partial charge in [-0.15, -0.1) is 0 Å². The number of carbonyl (C=O) groups is 2. The number of nitrogens with zero attached hydrogens (tertiary/aromatic N) is 1. The molecule has 8 nitrogen and oxygen atoms in total. The van der Waals surface area contributed by atoms with Crippen molar-refractivity contribution in [2.45, 2.75) is 13.3 Å². The predicted molar refractivity (Wildman–Crippen MR) is 73.4 cm³/mol. The van der Waals surface area contributed by atoms with Crippen LogP contribution in [0.25, 0.3) is 0 Å². The SMILES string of the molecule is CCCNC(=O)CNc1ccc([N+](=O)[O-])cc1C(N)=O. The van der Waals surface area contributed by atoms with Crippen molar-refractivity contribution in [3.05, 3.63) is 33.9 Å². The van der Waals surface area contributed by atoms with Crippen LogP contribution < -0.4 is 16.4 Å². The molecular weight excluding hydrogens is 264 g/mol. The first-order chi connectivity index (χ1) is 9.45. The third-order valence-corrected chi connectivity index (χ3v) is 2.49. The molecule has 0 radical (unpaired) electrons. The minimum absolute atomic E-state index is 0.0255. The van der Waals surface area contributed by atoms with E-state index >= 15 is 0 Å². The molecule has 4 N–H and O–H groups in total. The first kappa shape index (κ1) is 15.4. The second-order valence-electron chi connectivity index (χ2n) is 4.05. The summed E-state index contributed by atoms with van der Waals surface area (Å²) in [6, 6.07) is 3.67. The average molecular weight is 280 g/mol. The van der Waals surface area contributed by atoms with E-state index in [1.807, 2.05) is 6.92 Å². The summed E-state index contributed by atoms with van der Waals surface area (Å²) in [5.41, 5.74) is 5.19. The fourth-order valence-electron chi connectivity index (χ4n) is 1.51. The maximum Gasteiger partial charge on any atom is 0.270 e. The lowest BCUT2D eigenvalue weighted by Crippen LogP contribution is -2.30. The van der Waals surface area contributed by atoms with E-state index in [2.05, 4.69) is 10.6 Å². The molecule has 0 heterocycles. The van der Waals surface area contributed by atoms with Crippen LogP contribution in [0.1, 0.15) is 23.7 Å². The first-order valence-corrected chi connectivity index (χ1v) is 6.04. The van der Waals surface area contributed by atoms with E-state index in [-0.39, 0.29) is 29.4 Å². The van der Waals surface area contributed by atoms with E-state index < -0.39 is 10.8 Å². The maximum absolute atomic E-state index is 11.4. The third-order valence-electron chi connectivity index (χ3n) is 2.49. The summed E-state index contributed by atoms with van der Waals surface area (Å²) >= 11 is 0. The molecule has 1 aromatic carbocycles. The van der Waals surface area contributed by atoms with Crippen molar-refractivity contribution in [2.24, 2.45) is 5.73 Å². The van der Waals surface area contributed by atoms with Crippen LogP contribution in [0.4, 0.5) is 11.4 Å². The molecule has 0 spiro atoms. The van der Waals surface area contributed by atoms with Crippen molar-refractivity contribution in [2.75, 3.05) is 18.4 Å². The smallest absolute Gasteiger partial charge is 0.270 e. The van der Waals surface area contributed by atoms with E-state index in [4.69, 9.17) is 5.73 Å². The Morgan fingerprint density at radius 1 is 1.40 bits per heavy atom. The molecule has 20 heavy (non-hydrogen) atoms. The van der Waals surface area contributed by atoms with Crippen molar-refractivity contribution in [1.82, 2.24) is 5.32 Å². The number of anilines is 1. The summed E-state index contributed by atoms with van der Waals surface area (Å²) < 4.78 is 0. The topological polar surface area (TPSA) is 127 Å². The van der Waals surface area contributed by atoms with Gasteiger partial charge in [-0.25, -0.2) is 0 Å². The molecule has 0 unspecified atom stereocenters. The lowest BCUT2D eigenvalue weighted by molar-refractivity contribution is -0.384. The monoisotopic (exact) mass is 280 g/mol. The number of nitro groups is 1. The van der Waals surface area contributed by atoms with Gasteiger partial charge in [0.1, 0.15) is 0 Å². The highest BCUT2D eigenvalue weighted by atomic mass is 16.6. The Morgan fingerprint density at radius 2 is 2.10 bits per heavy atom. The van der Waals surface area contributed by atoms with E-state index in [0.717, 1.165) is 12.5 Å². The largest absolute Gasteiger partial charge is 0.376 e. The van der Waals surface area contributed by atoms with Gasteiger partial charge in [-0.2, -0.15) is 0 Å². The van der Waals surface area contributed by atoms with E-state index in [9.17, 15) is 19.7 Å². The summed E-state index contributed by atoms with van der Waals surface area (Å²) in [6.45, 7) is 2.44. The molecule has 0 aromatic heterocycles. The summed E-state index contributed by atoms with van der Waals surface area (Å²) in [5.74, 6) is -1.04. The zero-order chi connectivity index (χ0) is 15.1. The molecule has 0 aliphatic heterocycles. The van der Waals surface area contributed by atoms with Crippen LogP contribution in [0.15, 0.2) is 18.2 Å². The molecule has 0 bridgehead atoms. The molecule has 0 saturated heterocycles. The summed E-state index contributed by atoms with van der Waals surface area (Å²) in [7, 11) is 0. The van der Waals surface area contributed by atoms with Gasteiger partial charge in [0, 0.05) is 24.4 Å². The second-order valence-corrected chi connectivity index (χ2v) is 4.05. The average Bonchev–Trinajstić information content (AvgIpc) is 2.42. The molecule has 0 fully saturated rings. The minimum atomic E-state index is -0.801. The van der Waals surface area contributed by atoms with E-state index in [1.54, 1.807) is 0 Å². The number of nitrogens with one attached hydrogen (secondary N) is 2. The first-order valence-electron chi connectivity index (χ1n) is 6.04. The normalized spacial score (nSPS) is 9.85. The van der Waals surface area contributed by atoms with Crippen LogP contribution >= 0.6 is 0 Å². The Bertz CT molecular complexity index is 530. The number of carbonyl (C=O) groups excluding carboxylic acids is 2. The quantitative estimate of drug-likeness (QED) is 0.498. The molecule has 1 rings (SSSR count). The van der Waals surface area contributed by atoms with Crippen LogP contribution in [0, 0.1) is 10.1 Å². The summed E-state index contributed by atoms with van der Waals surface area (Å²) in [6.07, 6.45) is 0.815. The Labute approximate surface area is 115 Å². The van der Waals surface area contributed by atoms with Gasteiger partial charge in [-0.05, 0) is 12.5 Å². The van der Waals surface area contributed by atoms with Crippen molar-refractivity contribution < 1.29 is 14.5 Å². The Hall–Kier alpha value is -2.64. The van der Waals surface area contributed by atoms with Gasteiger partial charge in [0.25, 0.3) is 11.6 Å². The highest BCUT2D eigenvalue weighted by molar-refractivity contribution is 5.99. The number of primary amides is 1. The molecule has 0 aliphatic carbocycles. The van der Waals surface area contributed by atoms with Crippen LogP contribution in [0.5, 0.6) is 0 Å². The minimum Gasteiger partial charge on any atom is -0.376 e. The Balaban J connectivity index is 2.81.